The van der Waals surface area contributed by atoms with Crippen molar-refractivity contribution >= 4 is 0 Å². The Balaban J connectivity index is 2.47. The number of aryl methyl sites for hydroxylation is 1. The zero-order chi connectivity index (χ0) is 9.26. The van der Waals surface area contributed by atoms with Crippen molar-refractivity contribution < 1.29 is 0 Å². The molecule has 2 aromatic heterocycles. The highest BCUT2D eigenvalue weighted by atomic mass is 16.1. The van der Waals surface area contributed by atoms with E-state index in [0.29, 0.717) is 5.82 Å². The molecule has 0 aromatic carbocycles. The average Bonchev–Trinajstić information content (AvgIpc) is 2.53. The molecule has 2 rings (SSSR count). The lowest BCUT2D eigenvalue weighted by Gasteiger charge is -1.91. The molecule has 13 heavy (non-hydrogen) atoms. The van der Waals surface area contributed by atoms with Gasteiger partial charge in [0.1, 0.15) is 5.82 Å². The van der Waals surface area contributed by atoms with E-state index in [1.54, 1.807) is 12.3 Å². The second-order valence-corrected chi connectivity index (χ2v) is 2.69. The molecule has 0 aliphatic heterocycles. The number of nitrogens with one attached hydrogen (secondary N) is 2. The van der Waals surface area contributed by atoms with Crippen LogP contribution < -0.4 is 5.56 Å². The van der Waals surface area contributed by atoms with Crippen LogP contribution in [0.1, 0.15) is 5.82 Å². The standard InChI is InChI=1S/C8H8N4O/c1-5-10-8(12-11-5)6-2-3-7(13)9-4-6/h2-4H,1H3,(H,9,13)(H,10,11,12). The number of aromatic nitrogens is 4. The van der Waals surface area contributed by atoms with Gasteiger partial charge in [0.25, 0.3) is 0 Å². The Morgan fingerprint density at radius 3 is 2.77 bits per heavy atom. The predicted molar refractivity (Wildman–Crippen MR) is 47.2 cm³/mol. The Kier molecular flexibility index (Phi) is 1.70. The van der Waals surface area contributed by atoms with Gasteiger partial charge >= 0.3 is 0 Å². The largest absolute Gasteiger partial charge is 0.328 e. The quantitative estimate of drug-likeness (QED) is 0.663. The van der Waals surface area contributed by atoms with Gasteiger partial charge in [-0.2, -0.15) is 5.10 Å². The number of rotatable bonds is 1. The van der Waals surface area contributed by atoms with E-state index in [-0.39, 0.29) is 5.56 Å². The van der Waals surface area contributed by atoms with Gasteiger partial charge in [0, 0.05) is 17.8 Å². The van der Waals surface area contributed by atoms with E-state index >= 15 is 0 Å². The monoisotopic (exact) mass is 176 g/mol. The van der Waals surface area contributed by atoms with Crippen LogP contribution in [-0.4, -0.2) is 20.2 Å². The van der Waals surface area contributed by atoms with E-state index in [9.17, 15) is 4.79 Å². The number of pyridine rings is 1. The van der Waals surface area contributed by atoms with Crippen molar-refractivity contribution in [3.8, 4) is 11.4 Å². The third kappa shape index (κ3) is 1.48. The summed E-state index contributed by atoms with van der Waals surface area (Å²) in [5, 5.41) is 6.69. The van der Waals surface area contributed by atoms with Gasteiger partial charge in [0.2, 0.25) is 5.56 Å². The van der Waals surface area contributed by atoms with E-state index in [1.165, 1.54) is 6.07 Å². The molecular formula is C8H8N4O. The summed E-state index contributed by atoms with van der Waals surface area (Å²) in [6.07, 6.45) is 1.59. The molecule has 0 saturated carbocycles. The molecule has 0 aliphatic carbocycles. The number of hydrogen-bond donors (Lipinski definition) is 2. The van der Waals surface area contributed by atoms with Crippen molar-refractivity contribution in [1.82, 2.24) is 20.2 Å². The highest BCUT2D eigenvalue weighted by molar-refractivity contribution is 5.52. The molecule has 5 heteroatoms. The van der Waals surface area contributed by atoms with Crippen LogP contribution in [0.2, 0.25) is 0 Å². The molecular weight excluding hydrogens is 168 g/mol. The lowest BCUT2D eigenvalue weighted by molar-refractivity contribution is 1.04. The summed E-state index contributed by atoms with van der Waals surface area (Å²) < 4.78 is 0. The molecule has 0 radical (unpaired) electrons. The van der Waals surface area contributed by atoms with Crippen LogP contribution in [0.25, 0.3) is 11.4 Å². The van der Waals surface area contributed by atoms with E-state index < -0.39 is 0 Å². The highest BCUT2D eigenvalue weighted by Gasteiger charge is 2.01. The SMILES string of the molecule is Cc1nc(-c2ccc(=O)[nH]c2)n[nH]1. The number of hydrogen-bond acceptors (Lipinski definition) is 3. The van der Waals surface area contributed by atoms with Gasteiger partial charge in [0.15, 0.2) is 5.82 Å². The Bertz CT molecular complexity index is 450. The van der Waals surface area contributed by atoms with Gasteiger partial charge in [-0.05, 0) is 13.0 Å². The molecule has 0 aliphatic rings. The van der Waals surface area contributed by atoms with E-state index in [1.807, 2.05) is 6.92 Å². The molecule has 0 spiro atoms. The summed E-state index contributed by atoms with van der Waals surface area (Å²) in [6, 6.07) is 3.13. The Morgan fingerprint density at radius 1 is 1.38 bits per heavy atom. The van der Waals surface area contributed by atoms with Crippen LogP contribution in [0.5, 0.6) is 0 Å². The minimum atomic E-state index is -0.129. The molecule has 2 heterocycles. The molecule has 0 amide bonds. The van der Waals surface area contributed by atoms with Crippen molar-refractivity contribution in [2.24, 2.45) is 0 Å². The summed E-state index contributed by atoms with van der Waals surface area (Å²) in [7, 11) is 0. The van der Waals surface area contributed by atoms with E-state index in [2.05, 4.69) is 20.2 Å². The molecule has 2 N–H and O–H groups in total. The molecule has 0 unspecified atom stereocenters. The molecule has 0 atom stereocenters. The zero-order valence-corrected chi connectivity index (χ0v) is 7.03. The molecule has 5 nitrogen and oxygen atoms in total. The second kappa shape index (κ2) is 2.85. The minimum Gasteiger partial charge on any atom is -0.328 e. The maximum Gasteiger partial charge on any atom is 0.247 e. The van der Waals surface area contributed by atoms with Crippen LogP contribution in [0, 0.1) is 6.92 Å². The third-order valence-corrected chi connectivity index (χ3v) is 1.64. The van der Waals surface area contributed by atoms with E-state index in [0.717, 1.165) is 11.4 Å². The first-order chi connectivity index (χ1) is 6.25. The summed E-state index contributed by atoms with van der Waals surface area (Å²) in [5.74, 6) is 1.34. The first-order valence-corrected chi connectivity index (χ1v) is 3.84. The van der Waals surface area contributed by atoms with Crippen LogP contribution in [0.3, 0.4) is 0 Å². The van der Waals surface area contributed by atoms with Crippen molar-refractivity contribution in [1.29, 1.82) is 0 Å². The normalized spacial score (nSPS) is 10.2. The van der Waals surface area contributed by atoms with Crippen molar-refractivity contribution in [2.75, 3.05) is 0 Å². The van der Waals surface area contributed by atoms with Gasteiger partial charge in [-0.3, -0.25) is 9.89 Å². The van der Waals surface area contributed by atoms with E-state index in [4.69, 9.17) is 0 Å². The predicted octanol–water partition coefficient (Wildman–Crippen LogP) is 0.468. The fourth-order valence-electron chi connectivity index (χ4n) is 1.02. The van der Waals surface area contributed by atoms with Crippen molar-refractivity contribution in [3.05, 3.63) is 34.5 Å². The van der Waals surface area contributed by atoms with Crippen molar-refractivity contribution in [3.63, 3.8) is 0 Å². The summed E-state index contributed by atoms with van der Waals surface area (Å²) in [4.78, 5) is 17.4. The van der Waals surface area contributed by atoms with Gasteiger partial charge < -0.3 is 4.98 Å². The lowest BCUT2D eigenvalue weighted by Crippen LogP contribution is -2.01. The maximum atomic E-state index is 10.8. The minimum absolute atomic E-state index is 0.129. The molecule has 0 bridgehead atoms. The molecule has 0 saturated heterocycles. The lowest BCUT2D eigenvalue weighted by atomic mass is 10.3. The Labute approximate surface area is 73.9 Å². The Hall–Kier alpha value is -1.91. The number of nitrogens with zero attached hydrogens (tertiary/aromatic N) is 2. The Morgan fingerprint density at radius 2 is 2.23 bits per heavy atom. The van der Waals surface area contributed by atoms with Gasteiger partial charge in [-0.1, -0.05) is 0 Å². The topological polar surface area (TPSA) is 74.4 Å². The van der Waals surface area contributed by atoms with Crippen molar-refractivity contribution in [2.45, 2.75) is 6.92 Å². The second-order valence-electron chi connectivity index (χ2n) is 2.69. The fourth-order valence-corrected chi connectivity index (χ4v) is 1.02. The average molecular weight is 176 g/mol. The summed E-state index contributed by atoms with van der Waals surface area (Å²) in [6.45, 7) is 1.82. The first kappa shape index (κ1) is 7.72. The molecule has 66 valence electrons. The molecule has 0 fully saturated rings. The number of H-pyrrole nitrogens is 2. The van der Waals surface area contributed by atoms with Gasteiger partial charge in [0.05, 0.1) is 0 Å². The van der Waals surface area contributed by atoms with Crippen LogP contribution in [-0.2, 0) is 0 Å². The highest BCUT2D eigenvalue weighted by Crippen LogP contribution is 2.10. The first-order valence-electron chi connectivity index (χ1n) is 3.84. The van der Waals surface area contributed by atoms with Gasteiger partial charge in [-0.25, -0.2) is 4.98 Å². The molecule has 2 aromatic rings. The van der Waals surface area contributed by atoms with Crippen LogP contribution in [0.15, 0.2) is 23.1 Å². The number of aromatic amines is 2. The summed E-state index contributed by atoms with van der Waals surface area (Å²) in [5.41, 5.74) is 0.667. The summed E-state index contributed by atoms with van der Waals surface area (Å²) >= 11 is 0. The van der Waals surface area contributed by atoms with Crippen LogP contribution in [0.4, 0.5) is 0 Å². The van der Waals surface area contributed by atoms with Gasteiger partial charge in [-0.15, -0.1) is 0 Å². The zero-order valence-electron chi connectivity index (χ0n) is 7.03. The maximum absolute atomic E-state index is 10.8. The van der Waals surface area contributed by atoms with Crippen LogP contribution >= 0.6 is 0 Å². The fraction of sp³-hybridized carbons (Fsp3) is 0.125. The third-order valence-electron chi connectivity index (χ3n) is 1.64. The smallest absolute Gasteiger partial charge is 0.247 e.